The van der Waals surface area contributed by atoms with E-state index >= 15 is 0 Å². The van der Waals surface area contributed by atoms with E-state index in [1.165, 1.54) is 5.82 Å². The number of nitrogens with one attached hydrogen (secondary N) is 1. The third kappa shape index (κ3) is 4.30. The first-order valence-corrected chi connectivity index (χ1v) is 8.52. The molecule has 0 bridgehead atoms. The van der Waals surface area contributed by atoms with Crippen molar-refractivity contribution < 1.29 is 0 Å². The Bertz CT molecular complexity index is 393. The van der Waals surface area contributed by atoms with E-state index in [4.69, 9.17) is 0 Å². The van der Waals surface area contributed by atoms with Gasteiger partial charge in [-0.15, -0.1) is 0 Å². The first-order valence-electron chi connectivity index (χ1n) is 8.52. The molecule has 0 aromatic carbocycles. The molecule has 0 amide bonds. The lowest BCUT2D eigenvalue weighted by Gasteiger charge is -2.43. The van der Waals surface area contributed by atoms with Crippen molar-refractivity contribution in [3.63, 3.8) is 0 Å². The van der Waals surface area contributed by atoms with Crippen LogP contribution in [-0.2, 0) is 6.54 Å². The molecule has 1 atom stereocenters. The van der Waals surface area contributed by atoms with Crippen molar-refractivity contribution in [3.8, 4) is 0 Å². The number of hydrogen-bond donors (Lipinski definition) is 1. The van der Waals surface area contributed by atoms with E-state index in [0.29, 0.717) is 0 Å². The van der Waals surface area contributed by atoms with Crippen LogP contribution in [0.1, 0.15) is 66.3 Å². The van der Waals surface area contributed by atoms with Gasteiger partial charge in [0.25, 0.3) is 0 Å². The highest BCUT2D eigenvalue weighted by Crippen LogP contribution is 2.30. The summed E-state index contributed by atoms with van der Waals surface area (Å²) in [4.78, 5) is 7.20. The Labute approximate surface area is 130 Å². The van der Waals surface area contributed by atoms with Gasteiger partial charge in [-0.3, -0.25) is 4.90 Å². The number of aromatic nitrogens is 2. The minimum absolute atomic E-state index is 0.0372. The highest BCUT2D eigenvalue weighted by molar-refractivity contribution is 5.08. The second-order valence-electron chi connectivity index (χ2n) is 6.19. The maximum Gasteiger partial charge on any atom is 0.127 e. The number of hydrogen-bond acceptors (Lipinski definition) is 3. The zero-order valence-electron chi connectivity index (χ0n) is 14.8. The molecular weight excluding hydrogens is 260 g/mol. The molecule has 0 spiro atoms. The Hall–Kier alpha value is -0.870. The van der Waals surface area contributed by atoms with E-state index in [2.05, 4.69) is 67.5 Å². The summed E-state index contributed by atoms with van der Waals surface area (Å²) < 4.78 is 2.30. The summed E-state index contributed by atoms with van der Waals surface area (Å²) in [5, 5.41) is 3.74. The van der Waals surface area contributed by atoms with Gasteiger partial charge < -0.3 is 9.88 Å². The number of imidazole rings is 1. The van der Waals surface area contributed by atoms with Crippen molar-refractivity contribution in [1.29, 1.82) is 0 Å². The fourth-order valence-corrected chi connectivity index (χ4v) is 3.18. The molecule has 0 aliphatic carbocycles. The molecule has 0 fully saturated rings. The molecule has 1 aromatic heterocycles. The molecule has 0 saturated carbocycles. The Balaban J connectivity index is 3.11. The standard InChI is InChI=1S/C17H34N4/c1-7-11-18-15(17(5,6)21(9-3)10-4)16-19-12-14-20(16)13-8-2/h12,14-15,18H,7-11,13H2,1-6H3. The van der Waals surface area contributed by atoms with E-state index in [1.54, 1.807) is 0 Å². The molecule has 21 heavy (non-hydrogen) atoms. The van der Waals surface area contributed by atoms with Crippen LogP contribution in [0.4, 0.5) is 0 Å². The van der Waals surface area contributed by atoms with Crippen LogP contribution in [0.25, 0.3) is 0 Å². The van der Waals surface area contributed by atoms with Gasteiger partial charge in [-0.2, -0.15) is 0 Å². The predicted molar refractivity (Wildman–Crippen MR) is 90.6 cm³/mol. The first kappa shape index (κ1) is 18.2. The van der Waals surface area contributed by atoms with Gasteiger partial charge in [0, 0.05) is 24.5 Å². The van der Waals surface area contributed by atoms with Gasteiger partial charge >= 0.3 is 0 Å². The highest BCUT2D eigenvalue weighted by Gasteiger charge is 2.37. The molecule has 0 aliphatic rings. The van der Waals surface area contributed by atoms with E-state index < -0.39 is 0 Å². The molecule has 1 rings (SSSR count). The monoisotopic (exact) mass is 294 g/mol. The summed E-state index contributed by atoms with van der Waals surface area (Å²) in [6, 6.07) is 0.249. The van der Waals surface area contributed by atoms with Crippen LogP contribution < -0.4 is 5.32 Å². The van der Waals surface area contributed by atoms with Gasteiger partial charge in [0.2, 0.25) is 0 Å². The van der Waals surface area contributed by atoms with Crippen LogP contribution in [-0.4, -0.2) is 39.6 Å². The van der Waals surface area contributed by atoms with Crippen LogP contribution in [0.5, 0.6) is 0 Å². The fourth-order valence-electron chi connectivity index (χ4n) is 3.18. The minimum Gasteiger partial charge on any atom is -0.334 e. The SMILES string of the molecule is CCCNC(c1nccn1CCC)C(C)(C)N(CC)CC. The predicted octanol–water partition coefficient (Wildman–Crippen LogP) is 3.45. The Morgan fingerprint density at radius 2 is 1.86 bits per heavy atom. The maximum atomic E-state index is 4.68. The quantitative estimate of drug-likeness (QED) is 0.717. The number of nitrogens with zero attached hydrogens (tertiary/aromatic N) is 3. The molecule has 4 heteroatoms. The van der Waals surface area contributed by atoms with Gasteiger partial charge in [-0.1, -0.05) is 27.7 Å². The molecule has 0 saturated heterocycles. The largest absolute Gasteiger partial charge is 0.334 e. The smallest absolute Gasteiger partial charge is 0.127 e. The molecule has 4 nitrogen and oxygen atoms in total. The average molecular weight is 294 g/mol. The lowest BCUT2D eigenvalue weighted by Crippen LogP contribution is -2.53. The maximum absolute atomic E-state index is 4.68. The third-order valence-electron chi connectivity index (χ3n) is 4.35. The van der Waals surface area contributed by atoms with Crippen LogP contribution in [0.15, 0.2) is 12.4 Å². The molecule has 0 aliphatic heterocycles. The van der Waals surface area contributed by atoms with Gasteiger partial charge in [-0.25, -0.2) is 4.98 Å². The van der Waals surface area contributed by atoms with Crippen molar-refractivity contribution in [2.75, 3.05) is 19.6 Å². The van der Waals surface area contributed by atoms with Gasteiger partial charge in [0.05, 0.1) is 6.04 Å². The zero-order chi connectivity index (χ0) is 15.9. The normalized spacial score (nSPS) is 13.9. The van der Waals surface area contributed by atoms with Crippen molar-refractivity contribution in [2.45, 2.75) is 72.5 Å². The topological polar surface area (TPSA) is 33.1 Å². The van der Waals surface area contributed by atoms with Crippen LogP contribution in [0.2, 0.25) is 0 Å². The summed E-state index contributed by atoms with van der Waals surface area (Å²) in [5.74, 6) is 1.17. The van der Waals surface area contributed by atoms with Gasteiger partial charge in [0.15, 0.2) is 0 Å². The van der Waals surface area contributed by atoms with Crippen molar-refractivity contribution in [3.05, 3.63) is 18.2 Å². The van der Waals surface area contributed by atoms with Crippen molar-refractivity contribution >= 4 is 0 Å². The van der Waals surface area contributed by atoms with Gasteiger partial charge in [0.1, 0.15) is 5.82 Å². The summed E-state index contributed by atoms with van der Waals surface area (Å²) in [6.45, 7) is 17.7. The number of likely N-dealkylation sites (N-methyl/N-ethyl adjacent to an activating group) is 1. The molecule has 0 radical (unpaired) electrons. The average Bonchev–Trinajstić information content (AvgIpc) is 2.88. The minimum atomic E-state index is 0.0372. The third-order valence-corrected chi connectivity index (χ3v) is 4.35. The fraction of sp³-hybridized carbons (Fsp3) is 0.824. The lowest BCUT2D eigenvalue weighted by molar-refractivity contribution is 0.0861. The number of rotatable bonds is 10. The van der Waals surface area contributed by atoms with E-state index in [0.717, 1.165) is 39.0 Å². The van der Waals surface area contributed by atoms with Crippen LogP contribution >= 0.6 is 0 Å². The van der Waals surface area contributed by atoms with Gasteiger partial charge in [-0.05, 0) is 46.3 Å². The zero-order valence-corrected chi connectivity index (χ0v) is 14.8. The summed E-state index contributed by atoms with van der Waals surface area (Å²) in [5.41, 5.74) is 0.0372. The first-order chi connectivity index (χ1) is 10.0. The van der Waals surface area contributed by atoms with E-state index in [1.807, 2.05) is 6.20 Å². The Morgan fingerprint density at radius 1 is 1.19 bits per heavy atom. The summed E-state index contributed by atoms with van der Waals surface area (Å²) >= 11 is 0. The second-order valence-corrected chi connectivity index (χ2v) is 6.19. The molecule has 1 unspecified atom stereocenters. The molecule has 122 valence electrons. The Kier molecular flexibility index (Phi) is 7.40. The van der Waals surface area contributed by atoms with E-state index in [9.17, 15) is 0 Å². The summed E-state index contributed by atoms with van der Waals surface area (Å²) in [7, 11) is 0. The van der Waals surface area contributed by atoms with Crippen molar-refractivity contribution in [2.24, 2.45) is 0 Å². The molecular formula is C17H34N4. The van der Waals surface area contributed by atoms with Crippen LogP contribution in [0.3, 0.4) is 0 Å². The molecule has 1 aromatic rings. The Morgan fingerprint density at radius 3 is 2.38 bits per heavy atom. The lowest BCUT2D eigenvalue weighted by atomic mass is 9.91. The molecule has 1 N–H and O–H groups in total. The highest BCUT2D eigenvalue weighted by atomic mass is 15.2. The summed E-state index contributed by atoms with van der Waals surface area (Å²) in [6.07, 6.45) is 6.32. The number of aryl methyl sites for hydroxylation is 1. The van der Waals surface area contributed by atoms with Crippen molar-refractivity contribution in [1.82, 2.24) is 19.8 Å². The second kappa shape index (κ2) is 8.54. The van der Waals surface area contributed by atoms with Crippen LogP contribution in [0, 0.1) is 0 Å². The van der Waals surface area contributed by atoms with E-state index in [-0.39, 0.29) is 11.6 Å². The molecule has 1 heterocycles.